The Hall–Kier alpha value is -2.09. The van der Waals surface area contributed by atoms with Crippen LogP contribution in [0.4, 0.5) is 4.79 Å². The molecule has 1 aromatic rings. The highest BCUT2D eigenvalue weighted by Gasteiger charge is 2.32. The van der Waals surface area contributed by atoms with Gasteiger partial charge in [-0.15, -0.1) is 0 Å². The third kappa shape index (κ3) is 5.74. The van der Waals surface area contributed by atoms with E-state index < -0.39 is 21.1 Å². The van der Waals surface area contributed by atoms with E-state index in [4.69, 9.17) is 5.11 Å². The zero-order valence-corrected chi connectivity index (χ0v) is 15.0. The number of hydrogen-bond donors (Lipinski definition) is 2. The third-order valence-corrected chi connectivity index (χ3v) is 6.51. The van der Waals surface area contributed by atoms with Crippen LogP contribution in [0.2, 0.25) is 0 Å². The average molecular weight is 368 g/mol. The van der Waals surface area contributed by atoms with Crippen molar-refractivity contribution in [1.29, 1.82) is 0 Å². The molecule has 2 amide bonds. The maximum atomic E-state index is 12.5. The molecule has 2 atom stereocenters. The van der Waals surface area contributed by atoms with Gasteiger partial charge >= 0.3 is 12.0 Å². The van der Waals surface area contributed by atoms with Crippen molar-refractivity contribution in [3.63, 3.8) is 0 Å². The summed E-state index contributed by atoms with van der Waals surface area (Å²) in [6.07, 6.45) is 0.807. The van der Waals surface area contributed by atoms with Crippen LogP contribution in [0.25, 0.3) is 0 Å². The van der Waals surface area contributed by atoms with Gasteiger partial charge in [0.1, 0.15) is 0 Å². The van der Waals surface area contributed by atoms with Crippen molar-refractivity contribution in [2.45, 2.75) is 37.5 Å². The van der Waals surface area contributed by atoms with Crippen molar-refractivity contribution >= 4 is 21.8 Å². The lowest BCUT2D eigenvalue weighted by Crippen LogP contribution is -2.53. The van der Waals surface area contributed by atoms with Crippen molar-refractivity contribution in [3.05, 3.63) is 35.9 Å². The normalized spacial score (nSPS) is 20.7. The maximum Gasteiger partial charge on any atom is 0.317 e. The summed E-state index contributed by atoms with van der Waals surface area (Å²) in [7, 11) is -3.13. The molecule has 0 radical (unpaired) electrons. The number of urea groups is 1. The lowest BCUT2D eigenvalue weighted by molar-refractivity contribution is -0.137. The molecule has 1 aliphatic heterocycles. The summed E-state index contributed by atoms with van der Waals surface area (Å²) in [5.74, 6) is -0.954. The zero-order chi connectivity index (χ0) is 18.4. The molecule has 0 saturated carbocycles. The molecule has 0 spiro atoms. The molecule has 0 aromatic heterocycles. The van der Waals surface area contributed by atoms with Gasteiger partial charge in [-0.1, -0.05) is 30.3 Å². The van der Waals surface area contributed by atoms with Crippen molar-refractivity contribution < 1.29 is 23.1 Å². The maximum absolute atomic E-state index is 12.5. The van der Waals surface area contributed by atoms with Gasteiger partial charge in [0.05, 0.1) is 11.0 Å². The molecule has 2 unspecified atom stereocenters. The Morgan fingerprint density at radius 2 is 2.00 bits per heavy atom. The standard InChI is InChI=1S/C17H24N2O5S/c1-13-12-19(9-10-25(13,23)24)17(22)18-15(7-8-16(20)21)11-14-5-3-2-4-6-14/h2-6,13,15H,7-12H2,1H3,(H,18,22)(H,20,21). The van der Waals surface area contributed by atoms with E-state index in [1.807, 2.05) is 30.3 Å². The first-order chi connectivity index (χ1) is 11.8. The van der Waals surface area contributed by atoms with E-state index in [9.17, 15) is 18.0 Å². The van der Waals surface area contributed by atoms with Crippen LogP contribution in [0.1, 0.15) is 25.3 Å². The van der Waals surface area contributed by atoms with Gasteiger partial charge in [-0.05, 0) is 25.3 Å². The minimum Gasteiger partial charge on any atom is -0.481 e. The lowest BCUT2D eigenvalue weighted by Gasteiger charge is -2.32. The Kier molecular flexibility index (Phi) is 6.41. The number of nitrogens with zero attached hydrogens (tertiary/aromatic N) is 1. The van der Waals surface area contributed by atoms with Crippen molar-refractivity contribution in [2.75, 3.05) is 18.8 Å². The number of carboxylic acid groups (broad SMARTS) is 1. The second-order valence-corrected chi connectivity index (χ2v) is 8.93. The highest BCUT2D eigenvalue weighted by molar-refractivity contribution is 7.92. The fourth-order valence-electron chi connectivity index (χ4n) is 2.83. The molecule has 1 aromatic carbocycles. The predicted octanol–water partition coefficient (Wildman–Crippen LogP) is 1.29. The highest BCUT2D eigenvalue weighted by Crippen LogP contribution is 2.13. The van der Waals surface area contributed by atoms with Gasteiger partial charge in [-0.25, -0.2) is 13.2 Å². The van der Waals surface area contributed by atoms with Crippen LogP contribution in [-0.4, -0.2) is 60.6 Å². The molecule has 0 aliphatic carbocycles. The molecule has 2 N–H and O–H groups in total. The minimum atomic E-state index is -3.13. The molecule has 2 rings (SSSR count). The summed E-state index contributed by atoms with van der Waals surface area (Å²) in [5.41, 5.74) is 1.01. The molecule has 1 fully saturated rings. The number of benzene rings is 1. The van der Waals surface area contributed by atoms with Crippen LogP contribution in [0, 0.1) is 0 Å². The second-order valence-electron chi connectivity index (χ2n) is 6.39. The number of amides is 2. The Morgan fingerprint density at radius 1 is 1.32 bits per heavy atom. The number of hydrogen-bond acceptors (Lipinski definition) is 4. The van der Waals surface area contributed by atoms with E-state index in [1.165, 1.54) is 4.90 Å². The summed E-state index contributed by atoms with van der Waals surface area (Å²) < 4.78 is 23.5. The van der Waals surface area contributed by atoms with Gasteiger partial charge in [0.2, 0.25) is 0 Å². The van der Waals surface area contributed by atoms with E-state index in [0.717, 1.165) is 5.56 Å². The topological polar surface area (TPSA) is 104 Å². The Bertz CT molecular complexity index is 705. The molecule has 25 heavy (non-hydrogen) atoms. The van der Waals surface area contributed by atoms with E-state index in [1.54, 1.807) is 6.92 Å². The Balaban J connectivity index is 1.99. The summed E-state index contributed by atoms with van der Waals surface area (Å²) in [6.45, 7) is 1.92. The summed E-state index contributed by atoms with van der Waals surface area (Å²) >= 11 is 0. The summed E-state index contributed by atoms with van der Waals surface area (Å²) in [5, 5.41) is 11.2. The van der Waals surface area contributed by atoms with Crippen molar-refractivity contribution in [3.8, 4) is 0 Å². The summed E-state index contributed by atoms with van der Waals surface area (Å²) in [6, 6.07) is 8.87. The molecule has 1 aliphatic rings. The lowest BCUT2D eigenvalue weighted by atomic mass is 10.0. The zero-order valence-electron chi connectivity index (χ0n) is 14.2. The molecule has 7 nitrogen and oxygen atoms in total. The first-order valence-corrected chi connectivity index (χ1v) is 10.0. The van der Waals surface area contributed by atoms with Crippen LogP contribution < -0.4 is 5.32 Å². The average Bonchev–Trinajstić information content (AvgIpc) is 2.56. The van der Waals surface area contributed by atoms with Gasteiger partial charge in [-0.2, -0.15) is 0 Å². The van der Waals surface area contributed by atoms with Crippen molar-refractivity contribution in [1.82, 2.24) is 10.2 Å². The number of aliphatic carboxylic acids is 1. The van der Waals surface area contributed by atoms with Gasteiger partial charge in [-0.3, -0.25) is 4.79 Å². The first-order valence-electron chi connectivity index (χ1n) is 8.30. The second kappa shape index (κ2) is 8.33. The minimum absolute atomic E-state index is 0.0391. The molecule has 1 saturated heterocycles. The number of nitrogens with one attached hydrogen (secondary N) is 1. The monoisotopic (exact) mass is 368 g/mol. The number of carbonyl (C=O) groups excluding carboxylic acids is 1. The van der Waals surface area contributed by atoms with Crippen LogP contribution in [0.5, 0.6) is 0 Å². The van der Waals surface area contributed by atoms with E-state index >= 15 is 0 Å². The molecule has 8 heteroatoms. The van der Waals surface area contributed by atoms with Crippen LogP contribution in [0.3, 0.4) is 0 Å². The molecule has 138 valence electrons. The summed E-state index contributed by atoms with van der Waals surface area (Å²) in [4.78, 5) is 24.8. The van der Waals surface area contributed by atoms with Crippen LogP contribution in [0.15, 0.2) is 30.3 Å². The molecular formula is C17H24N2O5S. The van der Waals surface area contributed by atoms with Crippen LogP contribution >= 0.6 is 0 Å². The molecular weight excluding hydrogens is 344 g/mol. The highest BCUT2D eigenvalue weighted by atomic mass is 32.2. The van der Waals surface area contributed by atoms with Gasteiger partial charge in [0, 0.05) is 25.6 Å². The first kappa shape index (κ1) is 19.2. The predicted molar refractivity (Wildman–Crippen MR) is 94.2 cm³/mol. The molecule has 0 bridgehead atoms. The van der Waals surface area contributed by atoms with E-state index in [0.29, 0.717) is 12.8 Å². The van der Waals surface area contributed by atoms with Gasteiger partial charge < -0.3 is 15.3 Å². The number of sulfone groups is 1. The van der Waals surface area contributed by atoms with Crippen molar-refractivity contribution in [2.24, 2.45) is 0 Å². The fraction of sp³-hybridized carbons (Fsp3) is 0.529. The fourth-order valence-corrected chi connectivity index (χ4v) is 4.11. The third-order valence-electron chi connectivity index (χ3n) is 4.38. The number of carboxylic acids is 1. The quantitative estimate of drug-likeness (QED) is 0.787. The largest absolute Gasteiger partial charge is 0.481 e. The number of carbonyl (C=O) groups is 2. The SMILES string of the molecule is CC1CN(C(=O)NC(CCC(=O)O)Cc2ccccc2)CCS1(=O)=O. The van der Waals surface area contributed by atoms with Gasteiger partial charge in [0.15, 0.2) is 9.84 Å². The van der Waals surface area contributed by atoms with E-state index in [2.05, 4.69) is 5.32 Å². The smallest absolute Gasteiger partial charge is 0.317 e. The van der Waals surface area contributed by atoms with Crippen LogP contribution in [-0.2, 0) is 21.1 Å². The number of rotatable bonds is 6. The van der Waals surface area contributed by atoms with Gasteiger partial charge in [0.25, 0.3) is 0 Å². The Labute approximate surface area is 147 Å². The Morgan fingerprint density at radius 3 is 2.60 bits per heavy atom. The molecule has 1 heterocycles. The van der Waals surface area contributed by atoms with E-state index in [-0.39, 0.29) is 37.3 Å².